The fourth-order valence-electron chi connectivity index (χ4n) is 11.4. The number of rotatable bonds is 6. The van der Waals surface area contributed by atoms with Crippen LogP contribution in [-0.4, -0.2) is 28.2 Å². The number of aromatic nitrogens is 6. The molecule has 6 heteroatoms. The highest BCUT2D eigenvalue weighted by Crippen LogP contribution is 2.44. The van der Waals surface area contributed by atoms with Crippen LogP contribution < -0.4 is 0 Å². The summed E-state index contributed by atoms with van der Waals surface area (Å²) >= 11 is 0. The molecule has 0 atom stereocenters. The molecule has 326 valence electrons. The van der Waals surface area contributed by atoms with Gasteiger partial charge < -0.3 is 18.3 Å². The number of para-hydroxylation sites is 6. The standard InChI is InChI=1S/C64H40N6/c1-3-15-43(16-4-1)67-57-23-11-7-19-47(57)51-35-37-53-49-21-9-13-25-59(49)69(63(53)61(51)67)45-31-27-41(28-32-45)55-39-66-56(40-65-55)42-29-33-46(34-30-42)70-60-26-14-10-22-50(60)54-38-36-52-48-20-8-12-24-58(48)68(62(52)64(54)70)44-17-5-2-6-18-44/h1-40H. The normalized spacial score (nSPS) is 12.0. The number of hydrogen-bond donors (Lipinski definition) is 0. The molecule has 0 bridgehead atoms. The van der Waals surface area contributed by atoms with Crippen LogP contribution in [0.3, 0.4) is 0 Å². The maximum absolute atomic E-state index is 4.99. The molecule has 0 fully saturated rings. The molecule has 5 aromatic heterocycles. The maximum atomic E-state index is 4.99. The molecule has 0 aliphatic carbocycles. The van der Waals surface area contributed by atoms with Gasteiger partial charge in [0.05, 0.1) is 67.9 Å². The van der Waals surface area contributed by atoms with Crippen LogP contribution in [-0.2, 0) is 0 Å². The Hall–Kier alpha value is -9.52. The number of hydrogen-bond acceptors (Lipinski definition) is 2. The van der Waals surface area contributed by atoms with Crippen molar-refractivity contribution in [3.63, 3.8) is 0 Å². The van der Waals surface area contributed by atoms with Gasteiger partial charge in [-0.2, -0.15) is 0 Å². The molecule has 0 spiro atoms. The van der Waals surface area contributed by atoms with Crippen molar-refractivity contribution in [1.29, 1.82) is 0 Å². The second kappa shape index (κ2) is 15.0. The van der Waals surface area contributed by atoms with Crippen LogP contribution in [0.4, 0.5) is 0 Å². The first-order valence-corrected chi connectivity index (χ1v) is 23.8. The molecule has 0 radical (unpaired) electrons. The fraction of sp³-hybridized carbons (Fsp3) is 0. The third-order valence-corrected chi connectivity index (χ3v) is 14.5. The Kier molecular flexibility index (Phi) is 8.26. The van der Waals surface area contributed by atoms with Gasteiger partial charge in [-0.3, -0.25) is 9.97 Å². The van der Waals surface area contributed by atoms with E-state index in [0.717, 1.165) is 45.3 Å². The maximum Gasteiger partial charge on any atom is 0.0885 e. The molecule has 0 saturated heterocycles. The van der Waals surface area contributed by atoms with Crippen molar-refractivity contribution < 1.29 is 0 Å². The largest absolute Gasteiger partial charge is 0.307 e. The van der Waals surface area contributed by atoms with Crippen LogP contribution >= 0.6 is 0 Å². The summed E-state index contributed by atoms with van der Waals surface area (Å²) in [6.45, 7) is 0. The van der Waals surface area contributed by atoms with E-state index < -0.39 is 0 Å². The Morgan fingerprint density at radius 1 is 0.214 bits per heavy atom. The first-order chi connectivity index (χ1) is 34.8. The first kappa shape index (κ1) is 38.6. The van der Waals surface area contributed by atoms with Gasteiger partial charge in [-0.05, 0) is 72.8 Å². The van der Waals surface area contributed by atoms with Gasteiger partial charge in [0.25, 0.3) is 0 Å². The highest BCUT2D eigenvalue weighted by Gasteiger charge is 2.23. The highest BCUT2D eigenvalue weighted by molar-refractivity contribution is 6.25. The number of benzene rings is 10. The van der Waals surface area contributed by atoms with Gasteiger partial charge in [0.1, 0.15) is 0 Å². The van der Waals surface area contributed by atoms with E-state index >= 15 is 0 Å². The lowest BCUT2D eigenvalue weighted by atomic mass is 10.1. The van der Waals surface area contributed by atoms with Crippen LogP contribution in [0.15, 0.2) is 243 Å². The Bertz CT molecular complexity index is 4240. The van der Waals surface area contributed by atoms with Crippen LogP contribution in [0, 0.1) is 0 Å². The predicted molar refractivity (Wildman–Crippen MR) is 290 cm³/mol. The molecule has 5 heterocycles. The van der Waals surface area contributed by atoms with Crippen LogP contribution in [0.5, 0.6) is 0 Å². The van der Waals surface area contributed by atoms with E-state index in [2.05, 4.69) is 249 Å². The molecule has 10 aromatic carbocycles. The Balaban J connectivity index is 0.810. The first-order valence-electron chi connectivity index (χ1n) is 23.8. The monoisotopic (exact) mass is 892 g/mol. The SMILES string of the molecule is c1ccc(-n2c3ccccc3c3ccc4c5ccccc5n(-c5ccc(-c6cnc(-c7ccc(-n8c9ccccc9c9ccc%10c%11ccccc%11n(-c%11ccccc%11)c%10c98)cc7)cn6)cc5)c4c32)cc1. The van der Waals surface area contributed by atoms with Gasteiger partial charge in [-0.1, -0.05) is 158 Å². The summed E-state index contributed by atoms with van der Waals surface area (Å²) in [5.41, 5.74) is 17.6. The lowest BCUT2D eigenvalue weighted by Crippen LogP contribution is -1.99. The van der Waals surface area contributed by atoms with E-state index in [9.17, 15) is 0 Å². The molecule has 15 rings (SSSR count). The van der Waals surface area contributed by atoms with Gasteiger partial charge in [-0.15, -0.1) is 0 Å². The Morgan fingerprint density at radius 3 is 0.757 bits per heavy atom. The van der Waals surface area contributed by atoms with E-state index in [1.165, 1.54) is 87.2 Å². The molecule has 0 N–H and O–H groups in total. The van der Waals surface area contributed by atoms with E-state index in [1.807, 2.05) is 12.4 Å². The molecular weight excluding hydrogens is 853 g/mol. The van der Waals surface area contributed by atoms with Crippen molar-refractivity contribution in [2.75, 3.05) is 0 Å². The molecule has 0 aliphatic rings. The third kappa shape index (κ3) is 5.56. The van der Waals surface area contributed by atoms with E-state index in [0.29, 0.717) is 0 Å². The zero-order valence-corrected chi connectivity index (χ0v) is 37.8. The van der Waals surface area contributed by atoms with Gasteiger partial charge in [0.2, 0.25) is 0 Å². The number of nitrogens with zero attached hydrogens (tertiary/aromatic N) is 6. The quantitative estimate of drug-likeness (QED) is 0.167. The van der Waals surface area contributed by atoms with E-state index in [-0.39, 0.29) is 0 Å². The minimum absolute atomic E-state index is 0.823. The molecule has 15 aromatic rings. The van der Waals surface area contributed by atoms with Crippen molar-refractivity contribution in [3.8, 4) is 45.3 Å². The molecule has 0 aliphatic heterocycles. The second-order valence-corrected chi connectivity index (χ2v) is 18.2. The van der Waals surface area contributed by atoms with Crippen molar-refractivity contribution in [1.82, 2.24) is 28.2 Å². The lowest BCUT2D eigenvalue weighted by Gasteiger charge is -2.13. The van der Waals surface area contributed by atoms with Crippen molar-refractivity contribution in [3.05, 3.63) is 243 Å². The summed E-state index contributed by atoms with van der Waals surface area (Å²) in [5.74, 6) is 0. The Morgan fingerprint density at radius 2 is 0.471 bits per heavy atom. The molecular formula is C64H40N6. The molecule has 6 nitrogen and oxygen atoms in total. The zero-order chi connectivity index (χ0) is 45.9. The summed E-state index contributed by atoms with van der Waals surface area (Å²) in [6, 6.07) is 83.1. The summed E-state index contributed by atoms with van der Waals surface area (Å²) in [7, 11) is 0. The second-order valence-electron chi connectivity index (χ2n) is 18.2. The van der Waals surface area contributed by atoms with Crippen LogP contribution in [0.2, 0.25) is 0 Å². The molecule has 70 heavy (non-hydrogen) atoms. The third-order valence-electron chi connectivity index (χ3n) is 14.5. The average Bonchev–Trinajstić information content (AvgIpc) is 4.17. The van der Waals surface area contributed by atoms with Crippen LogP contribution in [0.25, 0.3) is 132 Å². The van der Waals surface area contributed by atoms with Crippen molar-refractivity contribution in [2.45, 2.75) is 0 Å². The molecule has 0 unspecified atom stereocenters. The average molecular weight is 893 g/mol. The summed E-state index contributed by atoms with van der Waals surface area (Å²) < 4.78 is 9.71. The van der Waals surface area contributed by atoms with E-state index in [1.54, 1.807) is 0 Å². The highest BCUT2D eigenvalue weighted by atomic mass is 15.1. The summed E-state index contributed by atoms with van der Waals surface area (Å²) in [6.07, 6.45) is 3.79. The minimum atomic E-state index is 0.823. The molecule has 0 saturated carbocycles. The van der Waals surface area contributed by atoms with Gasteiger partial charge >= 0.3 is 0 Å². The van der Waals surface area contributed by atoms with Crippen molar-refractivity contribution in [2.24, 2.45) is 0 Å². The molecule has 0 amide bonds. The Labute approximate surface area is 401 Å². The number of fused-ring (bicyclic) bond motifs is 14. The zero-order valence-electron chi connectivity index (χ0n) is 37.8. The summed E-state index contributed by atoms with van der Waals surface area (Å²) in [5, 5.41) is 9.83. The topological polar surface area (TPSA) is 45.5 Å². The van der Waals surface area contributed by atoms with Crippen molar-refractivity contribution >= 4 is 87.2 Å². The smallest absolute Gasteiger partial charge is 0.0885 e. The fourth-order valence-corrected chi connectivity index (χ4v) is 11.4. The predicted octanol–water partition coefficient (Wildman–Crippen LogP) is 16.2. The van der Waals surface area contributed by atoms with E-state index in [4.69, 9.17) is 9.97 Å². The summed E-state index contributed by atoms with van der Waals surface area (Å²) in [4.78, 5) is 9.99. The van der Waals surface area contributed by atoms with Crippen LogP contribution in [0.1, 0.15) is 0 Å². The van der Waals surface area contributed by atoms with Gasteiger partial charge in [0.15, 0.2) is 0 Å². The van der Waals surface area contributed by atoms with Gasteiger partial charge in [-0.25, -0.2) is 0 Å². The lowest BCUT2D eigenvalue weighted by molar-refractivity contribution is 1.15. The minimum Gasteiger partial charge on any atom is -0.307 e. The van der Waals surface area contributed by atoms with Gasteiger partial charge in [0, 0.05) is 77.0 Å².